The summed E-state index contributed by atoms with van der Waals surface area (Å²) in [6.45, 7) is 4.38. The molecule has 0 aliphatic rings. The zero-order valence-corrected chi connectivity index (χ0v) is 18.8. The second-order valence-electron chi connectivity index (χ2n) is 6.93. The lowest BCUT2D eigenvalue weighted by Gasteiger charge is -2.12. The van der Waals surface area contributed by atoms with Crippen molar-refractivity contribution in [3.8, 4) is 0 Å². The zero-order chi connectivity index (χ0) is 22.8. The molecule has 0 aliphatic carbocycles. The van der Waals surface area contributed by atoms with Gasteiger partial charge in [0.2, 0.25) is 5.91 Å². The van der Waals surface area contributed by atoms with Gasteiger partial charge in [-0.15, -0.1) is 0 Å². The van der Waals surface area contributed by atoms with E-state index in [1.54, 1.807) is 23.7 Å². The number of thioether (sulfide) groups is 1. The Labute approximate surface area is 191 Å². The van der Waals surface area contributed by atoms with Gasteiger partial charge in [-0.2, -0.15) is 5.10 Å². The lowest BCUT2D eigenvalue weighted by molar-refractivity contribution is -0.113. The van der Waals surface area contributed by atoms with Crippen molar-refractivity contribution in [2.75, 3.05) is 11.1 Å². The molecule has 4 aromatic rings. The van der Waals surface area contributed by atoms with E-state index in [1.165, 1.54) is 29.0 Å². The standard InChI is InChI=1S/C21H19ClFN5O3S/c1-3-28-19-18(12(2)26-28)25-21(27(20(19)30)10-14-5-4-8-31-14)32-11-17(29)24-13-6-7-16(23)15(22)9-13/h4-9H,3,10-11H2,1-2H3,(H,24,29). The maximum atomic E-state index is 13.3. The lowest BCUT2D eigenvalue weighted by Crippen LogP contribution is -2.26. The van der Waals surface area contributed by atoms with Gasteiger partial charge < -0.3 is 9.73 Å². The second kappa shape index (κ2) is 9.17. The minimum Gasteiger partial charge on any atom is -0.467 e. The molecule has 3 aromatic heterocycles. The van der Waals surface area contributed by atoms with Crippen molar-refractivity contribution in [2.45, 2.75) is 32.1 Å². The molecule has 0 saturated carbocycles. The number of halogens is 2. The van der Waals surface area contributed by atoms with Gasteiger partial charge in [0.05, 0.1) is 29.3 Å². The van der Waals surface area contributed by atoms with Gasteiger partial charge >= 0.3 is 0 Å². The monoisotopic (exact) mass is 475 g/mol. The number of aryl methyl sites for hydroxylation is 2. The molecular formula is C21H19ClFN5O3S. The number of amides is 1. The molecule has 0 atom stereocenters. The Bertz CT molecular complexity index is 1350. The van der Waals surface area contributed by atoms with E-state index in [0.29, 0.717) is 39.9 Å². The number of nitrogens with one attached hydrogen (secondary N) is 1. The first-order chi connectivity index (χ1) is 15.4. The van der Waals surface area contributed by atoms with Crippen LogP contribution >= 0.6 is 23.4 Å². The molecule has 0 fully saturated rings. The topological polar surface area (TPSA) is 95.0 Å². The van der Waals surface area contributed by atoms with Crippen LogP contribution in [0.5, 0.6) is 0 Å². The highest BCUT2D eigenvalue weighted by molar-refractivity contribution is 7.99. The first-order valence-corrected chi connectivity index (χ1v) is 11.1. The summed E-state index contributed by atoms with van der Waals surface area (Å²) < 4.78 is 21.8. The third-order valence-electron chi connectivity index (χ3n) is 4.71. The maximum Gasteiger partial charge on any atom is 0.280 e. The van der Waals surface area contributed by atoms with E-state index in [4.69, 9.17) is 16.0 Å². The number of aromatic nitrogens is 4. The highest BCUT2D eigenvalue weighted by atomic mass is 35.5. The van der Waals surface area contributed by atoms with Gasteiger partial charge in [-0.3, -0.25) is 18.8 Å². The van der Waals surface area contributed by atoms with Gasteiger partial charge in [-0.25, -0.2) is 9.37 Å². The summed E-state index contributed by atoms with van der Waals surface area (Å²) in [6.07, 6.45) is 1.53. The number of carbonyl (C=O) groups excluding carboxylic acids is 1. The van der Waals surface area contributed by atoms with E-state index in [0.717, 1.165) is 11.8 Å². The molecule has 3 heterocycles. The number of carbonyl (C=O) groups is 1. The molecule has 1 aromatic carbocycles. The average Bonchev–Trinajstić information content (AvgIpc) is 3.39. The molecule has 0 unspecified atom stereocenters. The van der Waals surface area contributed by atoms with Crippen LogP contribution in [0.15, 0.2) is 51.0 Å². The molecule has 0 radical (unpaired) electrons. The van der Waals surface area contributed by atoms with Gasteiger partial charge in [0, 0.05) is 12.2 Å². The van der Waals surface area contributed by atoms with Crippen LogP contribution in [0.4, 0.5) is 10.1 Å². The van der Waals surface area contributed by atoms with E-state index < -0.39 is 5.82 Å². The molecule has 0 aliphatic heterocycles. The SMILES string of the molecule is CCn1nc(C)c2nc(SCC(=O)Nc3ccc(F)c(Cl)c3)n(Cc3ccco3)c(=O)c21. The fourth-order valence-electron chi connectivity index (χ4n) is 3.23. The summed E-state index contributed by atoms with van der Waals surface area (Å²) in [5.41, 5.74) is 1.66. The van der Waals surface area contributed by atoms with E-state index >= 15 is 0 Å². The molecule has 0 saturated heterocycles. The first-order valence-electron chi connectivity index (χ1n) is 9.75. The molecule has 8 nitrogen and oxygen atoms in total. The van der Waals surface area contributed by atoms with Crippen LogP contribution in [0.1, 0.15) is 18.4 Å². The smallest absolute Gasteiger partial charge is 0.280 e. The minimum atomic E-state index is -0.568. The zero-order valence-electron chi connectivity index (χ0n) is 17.3. The molecule has 32 heavy (non-hydrogen) atoms. The molecular weight excluding hydrogens is 457 g/mol. The number of anilines is 1. The molecule has 0 spiro atoms. The number of fused-ring (bicyclic) bond motifs is 1. The van der Waals surface area contributed by atoms with Crippen LogP contribution in [0.25, 0.3) is 11.0 Å². The number of benzene rings is 1. The Morgan fingerprint density at radius 1 is 1.34 bits per heavy atom. The number of rotatable bonds is 7. The van der Waals surface area contributed by atoms with Crippen molar-refractivity contribution in [1.29, 1.82) is 0 Å². The van der Waals surface area contributed by atoms with Crippen LogP contribution in [0.3, 0.4) is 0 Å². The number of furan rings is 1. The first kappa shape index (κ1) is 22.1. The van der Waals surface area contributed by atoms with Gasteiger partial charge in [0.25, 0.3) is 5.56 Å². The molecule has 0 bridgehead atoms. The van der Waals surface area contributed by atoms with Crippen molar-refractivity contribution in [3.63, 3.8) is 0 Å². The fraction of sp³-hybridized carbons (Fsp3) is 0.238. The summed E-state index contributed by atoms with van der Waals surface area (Å²) >= 11 is 6.88. The van der Waals surface area contributed by atoms with Crippen LogP contribution < -0.4 is 10.9 Å². The number of nitrogens with zero attached hydrogens (tertiary/aromatic N) is 4. The second-order valence-corrected chi connectivity index (χ2v) is 8.28. The van der Waals surface area contributed by atoms with E-state index in [-0.39, 0.29) is 28.8 Å². The van der Waals surface area contributed by atoms with Crippen molar-refractivity contribution in [3.05, 3.63) is 69.2 Å². The number of hydrogen-bond donors (Lipinski definition) is 1. The summed E-state index contributed by atoms with van der Waals surface area (Å²) in [5.74, 6) is -0.356. The van der Waals surface area contributed by atoms with Crippen LogP contribution in [-0.4, -0.2) is 31.0 Å². The normalized spacial score (nSPS) is 11.2. The third kappa shape index (κ3) is 4.42. The van der Waals surface area contributed by atoms with E-state index in [2.05, 4.69) is 15.4 Å². The number of hydrogen-bond acceptors (Lipinski definition) is 6. The van der Waals surface area contributed by atoms with Crippen molar-refractivity contribution < 1.29 is 13.6 Å². The molecule has 1 amide bonds. The van der Waals surface area contributed by atoms with E-state index in [9.17, 15) is 14.0 Å². The molecule has 1 N–H and O–H groups in total. The van der Waals surface area contributed by atoms with Gasteiger partial charge in [-0.05, 0) is 44.2 Å². The average molecular weight is 476 g/mol. The van der Waals surface area contributed by atoms with Gasteiger partial charge in [-0.1, -0.05) is 23.4 Å². The van der Waals surface area contributed by atoms with Gasteiger partial charge in [0.1, 0.15) is 17.1 Å². The fourth-order valence-corrected chi connectivity index (χ4v) is 4.20. The van der Waals surface area contributed by atoms with Crippen LogP contribution in [0, 0.1) is 12.7 Å². The minimum absolute atomic E-state index is 0.0218. The van der Waals surface area contributed by atoms with Crippen molar-refractivity contribution in [1.82, 2.24) is 19.3 Å². The molecule has 11 heteroatoms. The predicted octanol–water partition coefficient (Wildman–Crippen LogP) is 4.09. The van der Waals surface area contributed by atoms with Gasteiger partial charge in [0.15, 0.2) is 10.7 Å². The Morgan fingerprint density at radius 2 is 2.16 bits per heavy atom. The summed E-state index contributed by atoms with van der Waals surface area (Å²) in [4.78, 5) is 30.4. The quantitative estimate of drug-likeness (QED) is 0.319. The summed E-state index contributed by atoms with van der Waals surface area (Å²) in [5, 5.41) is 7.34. The van der Waals surface area contributed by atoms with Crippen molar-refractivity contribution >= 4 is 46.0 Å². The highest BCUT2D eigenvalue weighted by Gasteiger charge is 2.20. The summed E-state index contributed by atoms with van der Waals surface area (Å²) in [6, 6.07) is 7.43. The lowest BCUT2D eigenvalue weighted by atomic mass is 10.3. The summed E-state index contributed by atoms with van der Waals surface area (Å²) in [7, 11) is 0. The van der Waals surface area contributed by atoms with Crippen LogP contribution in [0.2, 0.25) is 5.02 Å². The highest BCUT2D eigenvalue weighted by Crippen LogP contribution is 2.23. The predicted molar refractivity (Wildman–Crippen MR) is 121 cm³/mol. The molecule has 166 valence electrons. The third-order valence-corrected chi connectivity index (χ3v) is 5.98. The maximum absolute atomic E-state index is 13.3. The Morgan fingerprint density at radius 3 is 2.84 bits per heavy atom. The molecule has 4 rings (SSSR count). The van der Waals surface area contributed by atoms with Crippen molar-refractivity contribution in [2.24, 2.45) is 0 Å². The Kier molecular flexibility index (Phi) is 6.33. The Hall–Kier alpha value is -3.11. The van der Waals surface area contributed by atoms with E-state index in [1.807, 2.05) is 6.92 Å². The largest absolute Gasteiger partial charge is 0.467 e. The van der Waals surface area contributed by atoms with Crippen LogP contribution in [-0.2, 0) is 17.9 Å². The Balaban J connectivity index is 1.64.